The average molecular weight is 318 g/mol. The number of nitrogens with one attached hydrogen (secondary N) is 3. The number of hydrogen-bond donors (Lipinski definition) is 3. The molecule has 0 saturated carbocycles. The fourth-order valence-corrected chi connectivity index (χ4v) is 2.10. The topological polar surface area (TPSA) is 65.5 Å². The third kappa shape index (κ3) is 6.72. The first-order valence-electron chi connectivity index (χ1n) is 8.18. The summed E-state index contributed by atoms with van der Waals surface area (Å²) in [5, 5.41) is 9.42. The van der Waals surface area contributed by atoms with Crippen LogP contribution in [0.4, 0.5) is 0 Å². The van der Waals surface area contributed by atoms with Gasteiger partial charge in [0.1, 0.15) is 0 Å². The van der Waals surface area contributed by atoms with Crippen LogP contribution in [0.15, 0.2) is 29.3 Å². The Labute approximate surface area is 140 Å². The van der Waals surface area contributed by atoms with Crippen molar-refractivity contribution in [1.82, 2.24) is 16.0 Å². The van der Waals surface area contributed by atoms with Crippen LogP contribution in [0.2, 0.25) is 0 Å². The zero-order valence-electron chi connectivity index (χ0n) is 15.0. The second-order valence-electron chi connectivity index (χ2n) is 6.48. The van der Waals surface area contributed by atoms with Crippen molar-refractivity contribution in [3.8, 4) is 0 Å². The molecule has 23 heavy (non-hydrogen) atoms. The number of nitrogens with zero attached hydrogens (tertiary/aromatic N) is 1. The molecular formula is C18H30N4O. The van der Waals surface area contributed by atoms with Gasteiger partial charge in [-0.2, -0.15) is 0 Å². The van der Waals surface area contributed by atoms with Crippen molar-refractivity contribution in [2.24, 2.45) is 10.4 Å². The van der Waals surface area contributed by atoms with Gasteiger partial charge < -0.3 is 16.0 Å². The van der Waals surface area contributed by atoms with Gasteiger partial charge in [0, 0.05) is 32.1 Å². The summed E-state index contributed by atoms with van der Waals surface area (Å²) in [6.07, 6.45) is 1.02. The van der Waals surface area contributed by atoms with E-state index in [4.69, 9.17) is 0 Å². The highest BCUT2D eigenvalue weighted by Gasteiger charge is 2.20. The van der Waals surface area contributed by atoms with E-state index in [-0.39, 0.29) is 11.3 Å². The molecule has 0 bridgehead atoms. The molecule has 5 nitrogen and oxygen atoms in total. The van der Waals surface area contributed by atoms with Crippen LogP contribution in [-0.4, -0.2) is 32.0 Å². The van der Waals surface area contributed by atoms with Crippen LogP contribution >= 0.6 is 0 Å². The molecule has 128 valence electrons. The summed E-state index contributed by atoms with van der Waals surface area (Å²) in [4.78, 5) is 16.0. The maximum absolute atomic E-state index is 11.8. The minimum Gasteiger partial charge on any atom is -0.355 e. The second kappa shape index (κ2) is 9.18. The fraction of sp³-hybridized carbons (Fsp3) is 0.556. The Morgan fingerprint density at radius 3 is 2.22 bits per heavy atom. The quantitative estimate of drug-likeness (QED) is 0.427. The average Bonchev–Trinajstić information content (AvgIpc) is 2.53. The van der Waals surface area contributed by atoms with E-state index in [9.17, 15) is 4.79 Å². The molecule has 1 aromatic carbocycles. The molecule has 1 rings (SSSR count). The predicted octanol–water partition coefficient (Wildman–Crippen LogP) is 2.08. The Morgan fingerprint density at radius 2 is 1.65 bits per heavy atom. The lowest BCUT2D eigenvalue weighted by Gasteiger charge is -2.18. The fourth-order valence-electron chi connectivity index (χ4n) is 2.10. The predicted molar refractivity (Wildman–Crippen MR) is 96.5 cm³/mol. The summed E-state index contributed by atoms with van der Waals surface area (Å²) in [6.45, 7) is 9.81. The van der Waals surface area contributed by atoms with Gasteiger partial charge in [0.05, 0.1) is 0 Å². The highest BCUT2D eigenvalue weighted by Crippen LogP contribution is 2.11. The van der Waals surface area contributed by atoms with Gasteiger partial charge in [0.25, 0.3) is 0 Å². The SMILES string of the molecule is CCc1ccccc1CNC(=NC)NCCNC(=O)C(C)(C)C. The van der Waals surface area contributed by atoms with Crippen LogP contribution < -0.4 is 16.0 Å². The van der Waals surface area contributed by atoms with Crippen LogP contribution in [0.1, 0.15) is 38.8 Å². The number of carbonyl (C=O) groups is 1. The number of hydrogen-bond acceptors (Lipinski definition) is 2. The van der Waals surface area contributed by atoms with Crippen molar-refractivity contribution in [3.05, 3.63) is 35.4 Å². The Kier molecular flexibility index (Phi) is 7.59. The normalized spacial score (nSPS) is 12.0. The summed E-state index contributed by atoms with van der Waals surface area (Å²) >= 11 is 0. The largest absolute Gasteiger partial charge is 0.355 e. The maximum Gasteiger partial charge on any atom is 0.225 e. The highest BCUT2D eigenvalue weighted by molar-refractivity contribution is 5.81. The van der Waals surface area contributed by atoms with E-state index < -0.39 is 0 Å². The number of amides is 1. The van der Waals surface area contributed by atoms with Gasteiger partial charge in [-0.15, -0.1) is 0 Å². The van der Waals surface area contributed by atoms with E-state index in [0.29, 0.717) is 13.1 Å². The smallest absolute Gasteiger partial charge is 0.225 e. The van der Waals surface area contributed by atoms with Crippen LogP contribution in [0.3, 0.4) is 0 Å². The molecule has 0 aliphatic rings. The molecule has 0 radical (unpaired) electrons. The Bertz CT molecular complexity index is 532. The first kappa shape index (κ1) is 19.0. The van der Waals surface area contributed by atoms with Gasteiger partial charge in [-0.1, -0.05) is 52.0 Å². The van der Waals surface area contributed by atoms with Crippen molar-refractivity contribution in [2.75, 3.05) is 20.1 Å². The van der Waals surface area contributed by atoms with Crippen LogP contribution in [0.5, 0.6) is 0 Å². The van der Waals surface area contributed by atoms with E-state index in [0.717, 1.165) is 18.9 Å². The molecule has 1 aromatic rings. The molecule has 0 aliphatic carbocycles. The zero-order chi connectivity index (χ0) is 17.3. The van der Waals surface area contributed by atoms with Gasteiger partial charge >= 0.3 is 0 Å². The lowest BCUT2D eigenvalue weighted by Crippen LogP contribution is -2.43. The molecule has 0 saturated heterocycles. The van der Waals surface area contributed by atoms with E-state index in [2.05, 4.69) is 46.1 Å². The van der Waals surface area contributed by atoms with Gasteiger partial charge in [-0.05, 0) is 17.5 Å². The molecule has 0 unspecified atom stereocenters. The van der Waals surface area contributed by atoms with Gasteiger partial charge in [-0.25, -0.2) is 0 Å². The number of aryl methyl sites for hydroxylation is 1. The molecule has 0 heterocycles. The van der Waals surface area contributed by atoms with E-state index >= 15 is 0 Å². The molecule has 1 amide bonds. The minimum atomic E-state index is -0.357. The summed E-state index contributed by atoms with van der Waals surface area (Å²) in [6, 6.07) is 8.39. The molecule has 0 spiro atoms. The Morgan fingerprint density at radius 1 is 1.04 bits per heavy atom. The van der Waals surface area contributed by atoms with Crippen LogP contribution in [-0.2, 0) is 17.8 Å². The van der Waals surface area contributed by atoms with Gasteiger partial charge in [0.2, 0.25) is 5.91 Å². The number of aliphatic imine (C=N–C) groups is 1. The van der Waals surface area contributed by atoms with E-state index in [1.165, 1.54) is 11.1 Å². The maximum atomic E-state index is 11.8. The van der Waals surface area contributed by atoms with Gasteiger partial charge in [0.15, 0.2) is 5.96 Å². The third-order valence-electron chi connectivity index (χ3n) is 3.55. The number of benzene rings is 1. The van der Waals surface area contributed by atoms with Crippen molar-refractivity contribution < 1.29 is 4.79 Å². The van der Waals surface area contributed by atoms with Crippen molar-refractivity contribution in [3.63, 3.8) is 0 Å². The van der Waals surface area contributed by atoms with Crippen molar-refractivity contribution in [2.45, 2.75) is 40.7 Å². The third-order valence-corrected chi connectivity index (χ3v) is 3.55. The Balaban J connectivity index is 2.37. The first-order valence-corrected chi connectivity index (χ1v) is 8.18. The minimum absolute atomic E-state index is 0.0547. The van der Waals surface area contributed by atoms with E-state index in [1.807, 2.05) is 26.8 Å². The lowest BCUT2D eigenvalue weighted by atomic mass is 9.96. The standard InChI is InChI=1S/C18H30N4O/c1-6-14-9-7-8-10-15(14)13-22-17(19-5)21-12-11-20-16(23)18(2,3)4/h7-10H,6,11-13H2,1-5H3,(H,20,23)(H2,19,21,22). The zero-order valence-corrected chi connectivity index (χ0v) is 15.0. The Hall–Kier alpha value is -2.04. The number of carbonyl (C=O) groups excluding carboxylic acids is 1. The summed E-state index contributed by atoms with van der Waals surface area (Å²) < 4.78 is 0. The van der Waals surface area contributed by atoms with Crippen molar-refractivity contribution >= 4 is 11.9 Å². The lowest BCUT2D eigenvalue weighted by molar-refractivity contribution is -0.128. The van der Waals surface area contributed by atoms with Crippen LogP contribution in [0, 0.1) is 5.41 Å². The first-order chi connectivity index (χ1) is 10.9. The van der Waals surface area contributed by atoms with Crippen molar-refractivity contribution in [1.29, 1.82) is 0 Å². The molecule has 5 heteroatoms. The van der Waals surface area contributed by atoms with Crippen LogP contribution in [0.25, 0.3) is 0 Å². The molecule has 0 aromatic heterocycles. The highest BCUT2D eigenvalue weighted by atomic mass is 16.2. The summed E-state index contributed by atoms with van der Waals surface area (Å²) in [7, 11) is 1.74. The second-order valence-corrected chi connectivity index (χ2v) is 6.48. The molecular weight excluding hydrogens is 288 g/mol. The summed E-state index contributed by atoms with van der Waals surface area (Å²) in [5.74, 6) is 0.792. The van der Waals surface area contributed by atoms with Gasteiger partial charge in [-0.3, -0.25) is 9.79 Å². The molecule has 3 N–H and O–H groups in total. The number of rotatable bonds is 6. The number of guanidine groups is 1. The summed E-state index contributed by atoms with van der Waals surface area (Å²) in [5.41, 5.74) is 2.26. The molecule has 0 aliphatic heterocycles. The molecule has 0 fully saturated rings. The monoisotopic (exact) mass is 318 g/mol. The molecule has 0 atom stereocenters. The van der Waals surface area contributed by atoms with E-state index in [1.54, 1.807) is 7.05 Å².